The number of benzene rings is 1. The highest BCUT2D eigenvalue weighted by Gasteiger charge is 2.28. The van der Waals surface area contributed by atoms with E-state index in [4.69, 9.17) is 5.73 Å². The highest BCUT2D eigenvalue weighted by Crippen LogP contribution is 2.19. The second-order valence-corrected chi connectivity index (χ2v) is 9.82. The van der Waals surface area contributed by atoms with E-state index in [9.17, 15) is 9.90 Å². The number of aromatic nitrogens is 3. The lowest BCUT2D eigenvalue weighted by Gasteiger charge is -2.40. The third-order valence-corrected chi connectivity index (χ3v) is 7.01. The Morgan fingerprint density at radius 2 is 1.89 bits per heavy atom. The van der Waals surface area contributed by atoms with Crippen molar-refractivity contribution in [1.82, 2.24) is 29.7 Å². The molecule has 10 heteroatoms. The SMILES string of the molecule is CN(CCCN(C)c1ccc(-c2ccnc(N)n2)cn1)C(=O)CN1CCN(Cc2ccccc2)CC1CO. The molecule has 1 unspecified atom stereocenters. The molecule has 10 nitrogen and oxygen atoms in total. The number of piperazine rings is 1. The first-order valence-corrected chi connectivity index (χ1v) is 13.0. The first-order chi connectivity index (χ1) is 18.4. The first-order valence-electron chi connectivity index (χ1n) is 13.0. The molecule has 0 bridgehead atoms. The van der Waals surface area contributed by atoms with Crippen LogP contribution < -0.4 is 10.6 Å². The zero-order valence-electron chi connectivity index (χ0n) is 22.3. The number of hydrogen-bond donors (Lipinski definition) is 2. The Bertz CT molecular complexity index is 1160. The van der Waals surface area contributed by atoms with Gasteiger partial charge in [0.1, 0.15) is 5.82 Å². The fourth-order valence-corrected chi connectivity index (χ4v) is 4.70. The van der Waals surface area contributed by atoms with Gasteiger partial charge in [0.05, 0.1) is 18.8 Å². The van der Waals surface area contributed by atoms with Crippen molar-refractivity contribution in [1.29, 1.82) is 0 Å². The van der Waals surface area contributed by atoms with Crippen LogP contribution >= 0.6 is 0 Å². The number of nitrogens with two attached hydrogens (primary N) is 1. The molecule has 202 valence electrons. The van der Waals surface area contributed by atoms with Gasteiger partial charge in [-0.15, -0.1) is 0 Å². The van der Waals surface area contributed by atoms with Crippen LogP contribution in [0.1, 0.15) is 12.0 Å². The predicted molar refractivity (Wildman–Crippen MR) is 149 cm³/mol. The van der Waals surface area contributed by atoms with E-state index in [1.807, 2.05) is 44.4 Å². The van der Waals surface area contributed by atoms with Gasteiger partial charge in [0.2, 0.25) is 11.9 Å². The van der Waals surface area contributed by atoms with Gasteiger partial charge < -0.3 is 20.6 Å². The van der Waals surface area contributed by atoms with Crippen LogP contribution in [0.25, 0.3) is 11.3 Å². The lowest BCUT2D eigenvalue weighted by atomic mass is 10.1. The van der Waals surface area contributed by atoms with Crippen LogP contribution in [0.3, 0.4) is 0 Å². The number of aliphatic hydroxyl groups excluding tert-OH is 1. The fourth-order valence-electron chi connectivity index (χ4n) is 4.70. The van der Waals surface area contributed by atoms with E-state index in [2.05, 4.69) is 41.8 Å². The largest absolute Gasteiger partial charge is 0.395 e. The molecule has 3 N–H and O–H groups in total. The van der Waals surface area contributed by atoms with E-state index >= 15 is 0 Å². The Labute approximate surface area is 224 Å². The lowest BCUT2D eigenvalue weighted by molar-refractivity contribution is -0.132. The molecule has 0 radical (unpaired) electrons. The predicted octanol–water partition coefficient (Wildman–Crippen LogP) is 1.58. The van der Waals surface area contributed by atoms with E-state index in [0.717, 1.165) is 56.2 Å². The average Bonchev–Trinajstić information content (AvgIpc) is 2.94. The van der Waals surface area contributed by atoms with Crippen molar-refractivity contribution in [2.75, 3.05) is 70.6 Å². The second-order valence-electron chi connectivity index (χ2n) is 9.82. The zero-order chi connectivity index (χ0) is 26.9. The molecule has 1 saturated heterocycles. The molecule has 0 aliphatic carbocycles. The number of nitrogens with zero attached hydrogens (tertiary/aromatic N) is 7. The molecule has 1 fully saturated rings. The number of rotatable bonds is 11. The summed E-state index contributed by atoms with van der Waals surface area (Å²) in [5, 5.41) is 9.99. The maximum absolute atomic E-state index is 12.9. The minimum absolute atomic E-state index is 0.0382. The third-order valence-electron chi connectivity index (χ3n) is 7.01. The molecular weight excluding hydrogens is 480 g/mol. The summed E-state index contributed by atoms with van der Waals surface area (Å²) in [5.41, 5.74) is 8.56. The van der Waals surface area contributed by atoms with Gasteiger partial charge in [0, 0.05) is 77.4 Å². The van der Waals surface area contributed by atoms with Gasteiger partial charge in [-0.3, -0.25) is 14.6 Å². The summed E-state index contributed by atoms with van der Waals surface area (Å²) < 4.78 is 0. The topological polar surface area (TPSA) is 115 Å². The van der Waals surface area contributed by atoms with Crippen LogP contribution in [0, 0.1) is 0 Å². The number of anilines is 2. The van der Waals surface area contributed by atoms with Crippen molar-refractivity contribution in [2.45, 2.75) is 19.0 Å². The van der Waals surface area contributed by atoms with E-state index in [1.165, 1.54) is 5.56 Å². The summed E-state index contributed by atoms with van der Waals surface area (Å²) in [7, 11) is 3.84. The molecule has 1 aromatic carbocycles. The van der Waals surface area contributed by atoms with E-state index in [1.54, 1.807) is 23.4 Å². The summed E-state index contributed by atoms with van der Waals surface area (Å²) in [5.74, 6) is 1.16. The molecule has 2 aromatic heterocycles. The van der Waals surface area contributed by atoms with Gasteiger partial charge in [-0.1, -0.05) is 30.3 Å². The van der Waals surface area contributed by atoms with Crippen molar-refractivity contribution in [2.24, 2.45) is 0 Å². The van der Waals surface area contributed by atoms with E-state index in [-0.39, 0.29) is 24.5 Å². The van der Waals surface area contributed by atoms with Crippen molar-refractivity contribution in [3.05, 3.63) is 66.5 Å². The van der Waals surface area contributed by atoms with Crippen LogP contribution in [0.5, 0.6) is 0 Å². The van der Waals surface area contributed by atoms with Crippen LogP contribution in [-0.2, 0) is 11.3 Å². The molecule has 3 aromatic rings. The molecule has 1 atom stereocenters. The lowest BCUT2D eigenvalue weighted by Crippen LogP contribution is -2.56. The molecule has 0 saturated carbocycles. The quantitative estimate of drug-likeness (QED) is 0.390. The Kier molecular flexibility index (Phi) is 9.58. The zero-order valence-corrected chi connectivity index (χ0v) is 22.3. The average molecular weight is 519 g/mol. The smallest absolute Gasteiger partial charge is 0.236 e. The number of hydrogen-bond acceptors (Lipinski definition) is 9. The Morgan fingerprint density at radius 1 is 1.08 bits per heavy atom. The van der Waals surface area contributed by atoms with Gasteiger partial charge in [-0.05, 0) is 30.2 Å². The molecule has 4 rings (SSSR count). The van der Waals surface area contributed by atoms with Gasteiger partial charge >= 0.3 is 0 Å². The van der Waals surface area contributed by atoms with Crippen molar-refractivity contribution < 1.29 is 9.90 Å². The Hall–Kier alpha value is -3.60. The summed E-state index contributed by atoms with van der Waals surface area (Å²) in [6, 6.07) is 16.0. The van der Waals surface area contributed by atoms with Crippen molar-refractivity contribution in [3.8, 4) is 11.3 Å². The fraction of sp³-hybridized carbons (Fsp3) is 0.429. The van der Waals surface area contributed by atoms with Crippen molar-refractivity contribution in [3.63, 3.8) is 0 Å². The third kappa shape index (κ3) is 7.47. The van der Waals surface area contributed by atoms with E-state index < -0.39 is 0 Å². The second kappa shape index (κ2) is 13.3. The number of pyridine rings is 1. The number of amides is 1. The highest BCUT2D eigenvalue weighted by molar-refractivity contribution is 5.78. The van der Waals surface area contributed by atoms with Gasteiger partial charge in [0.25, 0.3) is 0 Å². The van der Waals surface area contributed by atoms with E-state index in [0.29, 0.717) is 13.1 Å². The molecule has 3 heterocycles. The monoisotopic (exact) mass is 518 g/mol. The summed E-state index contributed by atoms with van der Waals surface area (Å²) in [4.78, 5) is 34.0. The normalized spacial score (nSPS) is 16.3. The van der Waals surface area contributed by atoms with Crippen LogP contribution in [0.4, 0.5) is 11.8 Å². The molecular formula is C28H38N8O2. The van der Waals surface area contributed by atoms with Crippen LogP contribution in [-0.4, -0.2) is 107 Å². The minimum atomic E-state index is -0.0382. The van der Waals surface area contributed by atoms with Crippen LogP contribution in [0.15, 0.2) is 60.9 Å². The van der Waals surface area contributed by atoms with Gasteiger partial charge in [0.15, 0.2) is 0 Å². The summed E-state index contributed by atoms with van der Waals surface area (Å²) in [6.07, 6.45) is 4.23. The molecule has 0 spiro atoms. The maximum Gasteiger partial charge on any atom is 0.236 e. The van der Waals surface area contributed by atoms with Crippen LogP contribution in [0.2, 0.25) is 0 Å². The molecule has 1 aliphatic heterocycles. The molecule has 38 heavy (non-hydrogen) atoms. The Morgan fingerprint density at radius 3 is 2.61 bits per heavy atom. The molecule has 1 amide bonds. The number of carbonyl (C=O) groups is 1. The number of aliphatic hydroxyl groups is 1. The summed E-state index contributed by atoms with van der Waals surface area (Å²) >= 11 is 0. The standard InChI is InChI=1S/C28H38N8O2/c1-33(26-10-9-23(17-31-26)25-11-12-30-28(29)32-25)13-6-14-34(2)27(38)20-36-16-15-35(19-24(36)21-37)18-22-7-4-3-5-8-22/h3-5,7-12,17,24,37H,6,13-16,18-21H2,1-2H3,(H2,29,30,32). The minimum Gasteiger partial charge on any atom is -0.395 e. The first kappa shape index (κ1) is 27.4. The number of likely N-dealkylation sites (N-methyl/N-ethyl adjacent to an activating group) is 1. The maximum atomic E-state index is 12.9. The number of carbonyl (C=O) groups excluding carboxylic acids is 1. The summed E-state index contributed by atoms with van der Waals surface area (Å²) in [6.45, 7) is 5.05. The highest BCUT2D eigenvalue weighted by atomic mass is 16.3. The van der Waals surface area contributed by atoms with Crippen molar-refractivity contribution >= 4 is 17.7 Å². The molecule has 1 aliphatic rings. The van der Waals surface area contributed by atoms with Gasteiger partial charge in [-0.25, -0.2) is 15.0 Å². The Balaban J connectivity index is 1.20. The van der Waals surface area contributed by atoms with Gasteiger partial charge in [-0.2, -0.15) is 0 Å². The number of nitrogen functional groups attached to an aromatic ring is 1.